The molecule has 0 aromatic heterocycles. The maximum absolute atomic E-state index is 13.6. The smallest absolute Gasteiger partial charge is 0.368 e. The second-order valence-corrected chi connectivity index (χ2v) is 11.0. The van der Waals surface area contributed by atoms with Crippen LogP contribution in [0.2, 0.25) is 5.02 Å². The van der Waals surface area contributed by atoms with Crippen LogP contribution in [-0.4, -0.2) is 51.9 Å². The Labute approximate surface area is 218 Å². The fraction of sp³-hybridized carbons (Fsp3) is 0.269. The van der Waals surface area contributed by atoms with Crippen LogP contribution in [0.5, 0.6) is 0 Å². The van der Waals surface area contributed by atoms with E-state index in [4.69, 9.17) is 11.6 Å². The van der Waals surface area contributed by atoms with Crippen molar-refractivity contribution in [3.05, 3.63) is 88.9 Å². The van der Waals surface area contributed by atoms with E-state index in [0.29, 0.717) is 35.1 Å². The van der Waals surface area contributed by atoms with Gasteiger partial charge in [0.15, 0.2) is 0 Å². The standard InChI is InChI=1S/C26H25ClF3N3O3S/c1-19-5-2-3-8-24(19)33(37(35,36)23-11-9-21(27)10-12-23)18-25(34)32-15-13-31(14-16-32)22-7-4-6-20(17-22)26(28,29)30/h2-12,17H,13-16,18H2,1H3. The lowest BCUT2D eigenvalue weighted by Gasteiger charge is -2.37. The molecule has 6 nitrogen and oxygen atoms in total. The molecular formula is C26H25ClF3N3O3S. The Bertz CT molecular complexity index is 1370. The highest BCUT2D eigenvalue weighted by atomic mass is 35.5. The number of hydrogen-bond donors (Lipinski definition) is 0. The Morgan fingerprint density at radius 1 is 0.946 bits per heavy atom. The molecule has 0 saturated carbocycles. The normalized spacial score (nSPS) is 14.5. The summed E-state index contributed by atoms with van der Waals surface area (Å²) >= 11 is 5.93. The highest BCUT2D eigenvalue weighted by Crippen LogP contribution is 2.32. The van der Waals surface area contributed by atoms with Gasteiger partial charge in [-0.05, 0) is 61.0 Å². The van der Waals surface area contributed by atoms with Crippen LogP contribution in [0.4, 0.5) is 24.5 Å². The second-order valence-electron chi connectivity index (χ2n) is 8.67. The molecule has 11 heteroatoms. The Morgan fingerprint density at radius 2 is 1.59 bits per heavy atom. The monoisotopic (exact) mass is 551 g/mol. The van der Waals surface area contributed by atoms with Crippen LogP contribution in [0.15, 0.2) is 77.7 Å². The summed E-state index contributed by atoms with van der Waals surface area (Å²) in [6.07, 6.45) is -4.44. The second kappa shape index (κ2) is 10.6. The van der Waals surface area contributed by atoms with Gasteiger partial charge in [-0.25, -0.2) is 8.42 Å². The Kier molecular flexibility index (Phi) is 7.70. The maximum Gasteiger partial charge on any atom is 0.416 e. The molecule has 1 aliphatic rings. The van der Waals surface area contributed by atoms with Crippen LogP contribution in [0, 0.1) is 6.92 Å². The van der Waals surface area contributed by atoms with Gasteiger partial charge in [-0.15, -0.1) is 0 Å². The minimum Gasteiger partial charge on any atom is -0.368 e. The van der Waals surface area contributed by atoms with Crippen molar-refractivity contribution in [1.29, 1.82) is 0 Å². The third kappa shape index (κ3) is 6.02. The number of amides is 1. The van der Waals surface area contributed by atoms with Crippen LogP contribution < -0.4 is 9.21 Å². The SMILES string of the molecule is Cc1ccccc1N(CC(=O)N1CCN(c2cccc(C(F)(F)F)c2)CC1)S(=O)(=O)c1ccc(Cl)cc1. The molecule has 3 aromatic carbocycles. The first-order chi connectivity index (χ1) is 17.5. The Morgan fingerprint density at radius 3 is 2.22 bits per heavy atom. The van der Waals surface area contributed by atoms with Crippen LogP contribution in [-0.2, 0) is 21.0 Å². The van der Waals surface area contributed by atoms with Gasteiger partial charge < -0.3 is 9.80 Å². The topological polar surface area (TPSA) is 60.9 Å². The molecule has 0 spiro atoms. The lowest BCUT2D eigenvalue weighted by Crippen LogP contribution is -2.52. The predicted molar refractivity (Wildman–Crippen MR) is 137 cm³/mol. The molecule has 1 heterocycles. The fourth-order valence-electron chi connectivity index (χ4n) is 4.19. The van der Waals surface area contributed by atoms with Gasteiger partial charge >= 0.3 is 6.18 Å². The number of benzene rings is 3. The zero-order valence-corrected chi connectivity index (χ0v) is 21.5. The van der Waals surface area contributed by atoms with Crippen LogP contribution >= 0.6 is 11.6 Å². The first kappa shape index (κ1) is 26.8. The number of nitrogens with zero attached hydrogens (tertiary/aromatic N) is 3. The number of para-hydroxylation sites is 1. The molecular weight excluding hydrogens is 527 g/mol. The van der Waals surface area contributed by atoms with E-state index in [9.17, 15) is 26.4 Å². The minimum atomic E-state index is -4.44. The third-order valence-corrected chi connectivity index (χ3v) is 8.26. The van der Waals surface area contributed by atoms with Crippen molar-refractivity contribution < 1.29 is 26.4 Å². The predicted octanol–water partition coefficient (Wildman–Crippen LogP) is 5.21. The number of anilines is 2. The molecule has 1 saturated heterocycles. The number of piperazine rings is 1. The molecule has 4 rings (SSSR count). The van der Waals surface area contributed by atoms with Crippen molar-refractivity contribution in [2.24, 2.45) is 0 Å². The number of aryl methyl sites for hydroxylation is 1. The molecule has 3 aromatic rings. The summed E-state index contributed by atoms with van der Waals surface area (Å²) in [4.78, 5) is 16.6. The summed E-state index contributed by atoms with van der Waals surface area (Å²) in [6.45, 7) is 2.48. The van der Waals surface area contributed by atoms with Gasteiger partial charge in [-0.2, -0.15) is 13.2 Å². The van der Waals surface area contributed by atoms with Gasteiger partial charge in [-0.3, -0.25) is 9.10 Å². The summed E-state index contributed by atoms with van der Waals surface area (Å²) in [5.41, 5.74) is 0.758. The van der Waals surface area contributed by atoms with Gasteiger partial charge in [-0.1, -0.05) is 35.9 Å². The molecule has 196 valence electrons. The van der Waals surface area contributed by atoms with Crippen molar-refractivity contribution in [1.82, 2.24) is 4.90 Å². The zero-order valence-electron chi connectivity index (χ0n) is 20.0. The molecule has 0 N–H and O–H groups in total. The molecule has 0 atom stereocenters. The van der Waals surface area contributed by atoms with E-state index in [2.05, 4.69) is 0 Å². The fourth-order valence-corrected chi connectivity index (χ4v) is 5.80. The molecule has 0 bridgehead atoms. The zero-order chi connectivity index (χ0) is 26.8. The summed E-state index contributed by atoms with van der Waals surface area (Å²) in [6, 6.07) is 17.7. The summed E-state index contributed by atoms with van der Waals surface area (Å²) in [7, 11) is -4.09. The van der Waals surface area contributed by atoms with Gasteiger partial charge in [0.25, 0.3) is 10.0 Å². The minimum absolute atomic E-state index is 0.00215. The number of halogens is 4. The third-order valence-electron chi connectivity index (χ3n) is 6.24. The maximum atomic E-state index is 13.6. The Hall–Kier alpha value is -3.24. The number of hydrogen-bond acceptors (Lipinski definition) is 4. The van der Waals surface area contributed by atoms with E-state index in [1.54, 1.807) is 42.2 Å². The number of alkyl halides is 3. The van der Waals surface area contributed by atoms with Gasteiger partial charge in [0.05, 0.1) is 16.1 Å². The average Bonchev–Trinajstić information content (AvgIpc) is 2.87. The molecule has 1 amide bonds. The number of sulfonamides is 1. The molecule has 0 radical (unpaired) electrons. The van der Waals surface area contributed by atoms with Crippen molar-refractivity contribution in [2.45, 2.75) is 18.0 Å². The van der Waals surface area contributed by atoms with Gasteiger partial charge in [0.2, 0.25) is 5.91 Å². The molecule has 0 unspecified atom stereocenters. The quantitative estimate of drug-likeness (QED) is 0.422. The first-order valence-corrected chi connectivity index (χ1v) is 13.3. The highest BCUT2D eigenvalue weighted by molar-refractivity contribution is 7.92. The lowest BCUT2D eigenvalue weighted by atomic mass is 10.1. The van der Waals surface area contributed by atoms with E-state index in [-0.39, 0.29) is 18.0 Å². The van der Waals surface area contributed by atoms with E-state index < -0.39 is 34.2 Å². The van der Waals surface area contributed by atoms with E-state index in [1.807, 2.05) is 0 Å². The van der Waals surface area contributed by atoms with Crippen LogP contribution in [0.3, 0.4) is 0 Å². The Balaban J connectivity index is 1.52. The van der Waals surface area contributed by atoms with E-state index in [1.165, 1.54) is 35.2 Å². The molecule has 0 aliphatic carbocycles. The van der Waals surface area contributed by atoms with E-state index >= 15 is 0 Å². The van der Waals surface area contributed by atoms with E-state index in [0.717, 1.165) is 16.4 Å². The summed E-state index contributed by atoms with van der Waals surface area (Å²) in [5, 5.41) is 0.385. The van der Waals surface area contributed by atoms with Crippen molar-refractivity contribution in [2.75, 3.05) is 41.9 Å². The van der Waals surface area contributed by atoms with Crippen molar-refractivity contribution >= 4 is 38.9 Å². The molecule has 1 fully saturated rings. The number of rotatable bonds is 6. The summed E-state index contributed by atoms with van der Waals surface area (Å²) in [5.74, 6) is -0.399. The first-order valence-electron chi connectivity index (χ1n) is 11.5. The van der Waals surface area contributed by atoms with Gasteiger partial charge in [0.1, 0.15) is 6.54 Å². The average molecular weight is 552 g/mol. The molecule has 1 aliphatic heterocycles. The number of carbonyl (C=O) groups excluding carboxylic acids is 1. The highest BCUT2D eigenvalue weighted by Gasteiger charge is 2.33. The summed E-state index contributed by atoms with van der Waals surface area (Å²) < 4.78 is 67.5. The lowest BCUT2D eigenvalue weighted by molar-refractivity contribution is -0.137. The van der Waals surface area contributed by atoms with Gasteiger partial charge in [0, 0.05) is 36.9 Å². The van der Waals surface area contributed by atoms with Crippen molar-refractivity contribution in [3.8, 4) is 0 Å². The van der Waals surface area contributed by atoms with Crippen molar-refractivity contribution in [3.63, 3.8) is 0 Å². The molecule has 37 heavy (non-hydrogen) atoms. The van der Waals surface area contributed by atoms with Crippen LogP contribution in [0.25, 0.3) is 0 Å². The largest absolute Gasteiger partial charge is 0.416 e. The van der Waals surface area contributed by atoms with Crippen LogP contribution in [0.1, 0.15) is 11.1 Å². The number of carbonyl (C=O) groups is 1.